The summed E-state index contributed by atoms with van der Waals surface area (Å²) in [6.45, 7) is 0. The minimum absolute atomic E-state index is 0.265. The van der Waals surface area contributed by atoms with Crippen LogP contribution >= 0.6 is 23.2 Å². The van der Waals surface area contributed by atoms with Gasteiger partial charge < -0.3 is 20.5 Å². The number of carbonyl (C=O) groups excluding carboxylic acids is 1. The van der Waals surface area contributed by atoms with Crippen molar-refractivity contribution in [3.05, 3.63) is 142 Å². The number of para-hydroxylation sites is 2. The topological polar surface area (TPSA) is 87.7 Å². The molecule has 0 aromatic heterocycles. The fourth-order valence-electron chi connectivity index (χ4n) is 4.50. The highest BCUT2D eigenvalue weighted by molar-refractivity contribution is 6.31. The molecule has 42 heavy (non-hydrogen) atoms. The Morgan fingerprint density at radius 2 is 1.48 bits per heavy atom. The first-order valence-corrected chi connectivity index (χ1v) is 13.9. The maximum Gasteiger partial charge on any atom is 0.305 e. The molecule has 0 radical (unpaired) electrons. The van der Waals surface area contributed by atoms with Crippen molar-refractivity contribution in [2.75, 3.05) is 5.32 Å². The molecule has 1 unspecified atom stereocenters. The molecule has 6 nitrogen and oxygen atoms in total. The predicted octanol–water partition coefficient (Wildman–Crippen LogP) is 9.14. The highest BCUT2D eigenvalue weighted by Crippen LogP contribution is 2.34. The molecule has 0 bridgehead atoms. The first-order valence-electron chi connectivity index (χ1n) is 13.1. The predicted molar refractivity (Wildman–Crippen MR) is 167 cm³/mol. The number of rotatable bonds is 10. The number of anilines is 2. The van der Waals surface area contributed by atoms with Crippen molar-refractivity contribution in [2.24, 2.45) is 0 Å². The van der Waals surface area contributed by atoms with Crippen LogP contribution in [0.15, 0.2) is 121 Å². The number of aliphatic carboxylic acids is 1. The first kappa shape index (κ1) is 28.7. The molecule has 0 aliphatic rings. The number of carbonyl (C=O) groups is 2. The number of carboxylic acid groups (broad SMARTS) is 1. The minimum atomic E-state index is -1.05. The van der Waals surface area contributed by atoms with Crippen molar-refractivity contribution in [2.45, 2.75) is 12.5 Å². The summed E-state index contributed by atoms with van der Waals surface area (Å²) in [5.74, 6) is -0.114. The van der Waals surface area contributed by atoms with Gasteiger partial charge in [-0.2, -0.15) is 0 Å². The molecule has 5 aromatic carbocycles. The lowest BCUT2D eigenvalue weighted by atomic mass is 9.98. The summed E-state index contributed by atoms with van der Waals surface area (Å²) in [5, 5.41) is 16.6. The summed E-state index contributed by atoms with van der Waals surface area (Å²) in [6.07, 6.45) is -0.309. The Labute approximate surface area is 253 Å². The van der Waals surface area contributed by atoms with Gasteiger partial charge in [0.05, 0.1) is 23.7 Å². The van der Waals surface area contributed by atoms with Gasteiger partial charge in [0.15, 0.2) is 0 Å². The average Bonchev–Trinajstić information content (AvgIpc) is 2.98. The molecule has 0 saturated carbocycles. The van der Waals surface area contributed by atoms with Gasteiger partial charge in [0.25, 0.3) is 5.91 Å². The van der Waals surface area contributed by atoms with E-state index in [4.69, 9.17) is 27.9 Å². The van der Waals surface area contributed by atoms with E-state index in [1.165, 1.54) is 6.07 Å². The molecule has 0 saturated heterocycles. The zero-order chi connectivity index (χ0) is 29.5. The summed E-state index contributed by atoms with van der Waals surface area (Å²) in [4.78, 5) is 25.3. The molecule has 0 spiro atoms. The van der Waals surface area contributed by atoms with Gasteiger partial charge in [-0.05, 0) is 65.7 Å². The first-order chi connectivity index (χ1) is 20.4. The van der Waals surface area contributed by atoms with E-state index in [0.717, 1.165) is 16.9 Å². The molecule has 1 amide bonds. The summed E-state index contributed by atoms with van der Waals surface area (Å²) < 4.78 is 6.11. The van der Waals surface area contributed by atoms with Crippen LogP contribution in [0, 0.1) is 0 Å². The second-order valence-electron chi connectivity index (χ2n) is 9.48. The van der Waals surface area contributed by atoms with Gasteiger partial charge in [0.1, 0.15) is 11.5 Å². The highest BCUT2D eigenvalue weighted by atomic mass is 35.5. The summed E-state index contributed by atoms with van der Waals surface area (Å²) in [6, 6.07) is 35.8. The molecule has 0 aliphatic carbocycles. The monoisotopic (exact) mass is 596 g/mol. The summed E-state index contributed by atoms with van der Waals surface area (Å²) in [7, 11) is 0. The molecule has 0 fully saturated rings. The van der Waals surface area contributed by atoms with Gasteiger partial charge >= 0.3 is 5.97 Å². The van der Waals surface area contributed by atoms with E-state index in [9.17, 15) is 14.7 Å². The molecule has 5 aromatic rings. The van der Waals surface area contributed by atoms with Crippen LogP contribution in [0.1, 0.15) is 28.4 Å². The van der Waals surface area contributed by atoms with Gasteiger partial charge in [0.2, 0.25) is 0 Å². The van der Waals surface area contributed by atoms with Crippen molar-refractivity contribution < 1.29 is 19.4 Å². The lowest BCUT2D eigenvalue weighted by Gasteiger charge is -2.20. The number of carboxylic acids is 1. The Hall–Kier alpha value is -4.78. The maximum absolute atomic E-state index is 13.5. The minimum Gasteiger partial charge on any atom is -0.481 e. The second kappa shape index (κ2) is 13.3. The van der Waals surface area contributed by atoms with Gasteiger partial charge in [-0.25, -0.2) is 0 Å². The average molecular weight is 597 g/mol. The van der Waals surface area contributed by atoms with Gasteiger partial charge in [-0.1, -0.05) is 89.9 Å². The Bertz CT molecular complexity index is 1710. The molecule has 3 N–H and O–H groups in total. The van der Waals surface area contributed by atoms with Crippen LogP contribution in [-0.2, 0) is 4.79 Å². The molecule has 0 aliphatic heterocycles. The van der Waals surface area contributed by atoms with Crippen LogP contribution in [-0.4, -0.2) is 17.0 Å². The lowest BCUT2D eigenvalue weighted by molar-refractivity contribution is -0.137. The Kier molecular flexibility index (Phi) is 9.07. The second-order valence-corrected chi connectivity index (χ2v) is 10.4. The van der Waals surface area contributed by atoms with Crippen molar-refractivity contribution in [3.8, 4) is 22.6 Å². The molecule has 8 heteroatoms. The van der Waals surface area contributed by atoms with Gasteiger partial charge in [-0.3, -0.25) is 9.59 Å². The SMILES string of the molecule is O=C(O)CC(NC(=O)c1cc(Cl)ccc1Nc1cccc(Cl)c1)c1ccc(-c2ccccc2Oc2ccccc2)cc1. The van der Waals surface area contributed by atoms with E-state index in [1.54, 1.807) is 30.3 Å². The number of benzene rings is 5. The normalized spacial score (nSPS) is 11.4. The van der Waals surface area contributed by atoms with Crippen LogP contribution in [0.4, 0.5) is 11.4 Å². The van der Waals surface area contributed by atoms with Gasteiger partial charge in [-0.15, -0.1) is 0 Å². The Morgan fingerprint density at radius 3 is 2.21 bits per heavy atom. The van der Waals surface area contributed by atoms with Crippen LogP contribution in [0.5, 0.6) is 11.5 Å². The standard InChI is InChI=1S/C34H26Cl2N2O4/c35-24-7-6-8-26(19-24)37-30-18-17-25(36)20-29(30)34(41)38-31(21-33(39)40)23-15-13-22(14-16-23)28-11-4-5-12-32(28)42-27-9-2-1-3-10-27/h1-20,31,37H,21H2,(H,38,41)(H,39,40). The van der Waals surface area contributed by atoms with E-state index >= 15 is 0 Å². The molecule has 1 atom stereocenters. The zero-order valence-electron chi connectivity index (χ0n) is 22.3. The summed E-state index contributed by atoms with van der Waals surface area (Å²) in [5.41, 5.74) is 3.85. The quantitative estimate of drug-likeness (QED) is 0.149. The third kappa shape index (κ3) is 7.29. The third-order valence-corrected chi connectivity index (χ3v) is 6.97. The number of ether oxygens (including phenoxy) is 1. The van der Waals surface area contributed by atoms with Crippen LogP contribution in [0.25, 0.3) is 11.1 Å². The fourth-order valence-corrected chi connectivity index (χ4v) is 4.86. The Morgan fingerprint density at radius 1 is 0.762 bits per heavy atom. The van der Waals surface area contributed by atoms with E-state index in [1.807, 2.05) is 84.9 Å². The highest BCUT2D eigenvalue weighted by Gasteiger charge is 2.22. The number of hydrogen-bond acceptors (Lipinski definition) is 4. The van der Waals surface area contributed by atoms with Crippen LogP contribution < -0.4 is 15.4 Å². The van der Waals surface area contributed by atoms with E-state index < -0.39 is 17.9 Å². The lowest BCUT2D eigenvalue weighted by Crippen LogP contribution is -2.30. The van der Waals surface area contributed by atoms with Crippen molar-refractivity contribution in [1.82, 2.24) is 5.32 Å². The van der Waals surface area contributed by atoms with Gasteiger partial charge in [0, 0.05) is 21.3 Å². The van der Waals surface area contributed by atoms with E-state index in [2.05, 4.69) is 10.6 Å². The van der Waals surface area contributed by atoms with E-state index in [-0.39, 0.29) is 12.0 Å². The molecule has 0 heterocycles. The number of hydrogen-bond donors (Lipinski definition) is 3. The van der Waals surface area contributed by atoms with Crippen molar-refractivity contribution >= 4 is 46.5 Å². The van der Waals surface area contributed by atoms with Crippen molar-refractivity contribution in [1.29, 1.82) is 0 Å². The zero-order valence-corrected chi connectivity index (χ0v) is 23.8. The number of halogens is 2. The smallest absolute Gasteiger partial charge is 0.305 e. The molecular weight excluding hydrogens is 571 g/mol. The van der Waals surface area contributed by atoms with Crippen LogP contribution in [0.2, 0.25) is 10.0 Å². The largest absolute Gasteiger partial charge is 0.481 e. The third-order valence-electron chi connectivity index (χ3n) is 6.50. The Balaban J connectivity index is 1.39. The molecule has 210 valence electrons. The fraction of sp³-hybridized carbons (Fsp3) is 0.0588. The van der Waals surface area contributed by atoms with Crippen LogP contribution in [0.3, 0.4) is 0 Å². The molecule has 5 rings (SSSR count). The number of amides is 1. The van der Waals surface area contributed by atoms with Crippen molar-refractivity contribution in [3.63, 3.8) is 0 Å². The summed E-state index contributed by atoms with van der Waals surface area (Å²) >= 11 is 12.3. The molecular formula is C34H26Cl2N2O4. The number of nitrogens with one attached hydrogen (secondary N) is 2. The van der Waals surface area contributed by atoms with E-state index in [0.29, 0.717) is 32.7 Å². The maximum atomic E-state index is 13.5.